The molecule has 1 atom stereocenters. The van der Waals surface area contributed by atoms with Gasteiger partial charge in [-0.25, -0.2) is 4.98 Å². The molecule has 0 aliphatic heterocycles. The number of hydrogen-bond donors (Lipinski definition) is 3. The Labute approximate surface area is 202 Å². The molecule has 0 radical (unpaired) electrons. The van der Waals surface area contributed by atoms with E-state index in [1.807, 2.05) is 6.92 Å². The maximum atomic E-state index is 13.1. The Bertz CT molecular complexity index is 1090. The number of carbonyl (C=O) groups excluding carboxylic acids is 3. The van der Waals surface area contributed by atoms with Gasteiger partial charge in [-0.2, -0.15) is 0 Å². The Morgan fingerprint density at radius 3 is 2.47 bits per heavy atom. The summed E-state index contributed by atoms with van der Waals surface area (Å²) < 4.78 is 0. The van der Waals surface area contributed by atoms with E-state index in [0.29, 0.717) is 11.6 Å². The minimum atomic E-state index is -1.14. The average Bonchev–Trinajstić information content (AvgIpc) is 3.66. The molecule has 0 unspecified atom stereocenters. The number of hydrogen-bond acceptors (Lipinski definition) is 7. The maximum Gasteiger partial charge on any atom is 0.289 e. The number of carbonyl (C=O) groups is 3. The van der Waals surface area contributed by atoms with Crippen LogP contribution in [0.5, 0.6) is 0 Å². The first-order valence-corrected chi connectivity index (χ1v) is 12.8. The summed E-state index contributed by atoms with van der Waals surface area (Å²) in [4.78, 5) is 49.5. The Kier molecular flexibility index (Phi) is 6.01. The number of amides is 3. The van der Waals surface area contributed by atoms with Crippen molar-refractivity contribution in [3.63, 3.8) is 0 Å². The van der Waals surface area contributed by atoms with Gasteiger partial charge in [0.15, 0.2) is 5.13 Å². The zero-order chi connectivity index (χ0) is 23.9. The summed E-state index contributed by atoms with van der Waals surface area (Å²) in [6, 6.07) is 3.97. The van der Waals surface area contributed by atoms with E-state index in [1.165, 1.54) is 43.2 Å². The van der Waals surface area contributed by atoms with Crippen molar-refractivity contribution in [3.8, 4) is 0 Å². The van der Waals surface area contributed by atoms with Gasteiger partial charge < -0.3 is 10.2 Å². The molecule has 0 spiro atoms. The Morgan fingerprint density at radius 1 is 1.09 bits per heavy atom. The quantitative estimate of drug-likeness (QED) is 0.473. The van der Waals surface area contributed by atoms with Gasteiger partial charge in [0.1, 0.15) is 11.2 Å². The van der Waals surface area contributed by atoms with E-state index in [4.69, 9.17) is 0 Å². The van der Waals surface area contributed by atoms with Crippen molar-refractivity contribution in [3.05, 3.63) is 40.7 Å². The lowest BCUT2D eigenvalue weighted by molar-refractivity contribution is -0.128. The highest BCUT2D eigenvalue weighted by molar-refractivity contribution is 7.14. The number of aryl methyl sites for hydroxylation is 1. The van der Waals surface area contributed by atoms with Crippen LogP contribution in [0.2, 0.25) is 0 Å². The van der Waals surface area contributed by atoms with Crippen LogP contribution in [0.3, 0.4) is 0 Å². The summed E-state index contributed by atoms with van der Waals surface area (Å²) in [6.45, 7) is 4.54. The Morgan fingerprint density at radius 2 is 1.85 bits per heavy atom. The predicted octanol–water partition coefficient (Wildman–Crippen LogP) is 2.59. The number of nitrogens with one attached hydrogen (secondary N) is 3. The van der Waals surface area contributed by atoms with Crippen LogP contribution in [0, 0.1) is 18.8 Å². The van der Waals surface area contributed by atoms with Crippen molar-refractivity contribution >= 4 is 34.2 Å². The van der Waals surface area contributed by atoms with Gasteiger partial charge in [0.25, 0.3) is 17.7 Å². The van der Waals surface area contributed by atoms with Crippen molar-refractivity contribution in [2.24, 2.45) is 11.8 Å². The van der Waals surface area contributed by atoms with E-state index in [2.05, 4.69) is 31.0 Å². The molecule has 3 N–H and O–H groups in total. The highest BCUT2D eigenvalue weighted by Crippen LogP contribution is 2.40. The Hall–Kier alpha value is -3.01. The fourth-order valence-corrected chi connectivity index (χ4v) is 4.96. The minimum Gasteiger partial charge on any atom is -0.345 e. The highest BCUT2D eigenvalue weighted by Gasteiger charge is 2.48. The first kappa shape index (κ1) is 22.8. The van der Waals surface area contributed by atoms with Gasteiger partial charge in [-0.1, -0.05) is 0 Å². The van der Waals surface area contributed by atoms with Crippen LogP contribution in [0.15, 0.2) is 23.7 Å². The molecule has 3 aliphatic carbocycles. The van der Waals surface area contributed by atoms with Gasteiger partial charge in [0.05, 0.1) is 5.56 Å². The lowest BCUT2D eigenvalue weighted by Crippen LogP contribution is -2.61. The van der Waals surface area contributed by atoms with Crippen molar-refractivity contribution in [1.82, 2.24) is 26.1 Å². The first-order chi connectivity index (χ1) is 16.3. The molecule has 3 amide bonds. The largest absolute Gasteiger partial charge is 0.345 e. The first-order valence-electron chi connectivity index (χ1n) is 11.9. The lowest BCUT2D eigenvalue weighted by atomic mass is 9.94. The number of thiazole rings is 1. The van der Waals surface area contributed by atoms with Crippen molar-refractivity contribution in [1.29, 1.82) is 0 Å². The summed E-state index contributed by atoms with van der Waals surface area (Å²) in [5.74, 6) is -0.548. The third kappa shape index (κ3) is 5.06. The fraction of sp³-hybridized carbons (Fsp3) is 0.542. The SMILES string of the molecule is Cc1ccc(C(=O)N[C@@](C)(C(=O)NNC(=O)c2csc(N(CC3CC3)C3CC3)n2)C2CC2)cn1. The number of nitrogens with zero attached hydrogens (tertiary/aromatic N) is 3. The van der Waals surface area contributed by atoms with Crippen LogP contribution in [0.4, 0.5) is 5.13 Å². The second kappa shape index (κ2) is 8.98. The van der Waals surface area contributed by atoms with E-state index in [-0.39, 0.29) is 17.5 Å². The normalized spacial score (nSPS) is 19.1. The van der Waals surface area contributed by atoms with Crippen LogP contribution in [-0.2, 0) is 4.79 Å². The molecule has 2 aromatic rings. The molecule has 180 valence electrons. The number of anilines is 1. The van der Waals surface area contributed by atoms with Crippen LogP contribution >= 0.6 is 11.3 Å². The molecular formula is C24H30N6O3S. The van der Waals surface area contributed by atoms with Gasteiger partial charge in [0, 0.05) is 29.9 Å². The Balaban J connectivity index is 1.20. The zero-order valence-electron chi connectivity index (χ0n) is 19.5. The molecule has 2 heterocycles. The van der Waals surface area contributed by atoms with Gasteiger partial charge >= 0.3 is 0 Å². The van der Waals surface area contributed by atoms with E-state index < -0.39 is 17.4 Å². The molecule has 0 bridgehead atoms. The summed E-state index contributed by atoms with van der Waals surface area (Å²) in [5, 5.41) is 5.45. The number of aromatic nitrogens is 2. The van der Waals surface area contributed by atoms with Crippen LogP contribution in [-0.4, -0.2) is 45.8 Å². The van der Waals surface area contributed by atoms with Crippen LogP contribution < -0.4 is 21.1 Å². The lowest BCUT2D eigenvalue weighted by Gasteiger charge is -2.29. The van der Waals surface area contributed by atoms with Crippen molar-refractivity contribution in [2.45, 2.75) is 64.0 Å². The van der Waals surface area contributed by atoms with Crippen molar-refractivity contribution < 1.29 is 14.4 Å². The second-order valence-corrected chi connectivity index (χ2v) is 10.7. The van der Waals surface area contributed by atoms with Crippen LogP contribution in [0.1, 0.15) is 72.0 Å². The molecular weight excluding hydrogens is 452 g/mol. The monoisotopic (exact) mass is 482 g/mol. The fourth-order valence-electron chi connectivity index (χ4n) is 4.07. The van der Waals surface area contributed by atoms with E-state index >= 15 is 0 Å². The molecule has 3 fully saturated rings. The maximum absolute atomic E-state index is 13.1. The molecule has 9 nitrogen and oxygen atoms in total. The van der Waals surface area contributed by atoms with Gasteiger partial charge in [-0.05, 0) is 76.3 Å². The van der Waals surface area contributed by atoms with Crippen molar-refractivity contribution in [2.75, 3.05) is 11.4 Å². The third-order valence-corrected chi connectivity index (χ3v) is 7.69. The predicted molar refractivity (Wildman–Crippen MR) is 128 cm³/mol. The molecule has 2 aromatic heterocycles. The molecule has 0 saturated heterocycles. The second-order valence-electron chi connectivity index (χ2n) is 9.87. The molecule has 10 heteroatoms. The number of pyridine rings is 1. The van der Waals surface area contributed by atoms with E-state index in [0.717, 1.165) is 36.1 Å². The van der Waals surface area contributed by atoms with Gasteiger partial charge in [-0.3, -0.25) is 30.2 Å². The average molecular weight is 483 g/mol. The van der Waals surface area contributed by atoms with E-state index in [1.54, 1.807) is 24.4 Å². The molecule has 5 rings (SSSR count). The van der Waals surface area contributed by atoms with Gasteiger partial charge in [-0.15, -0.1) is 11.3 Å². The van der Waals surface area contributed by atoms with E-state index in [9.17, 15) is 14.4 Å². The van der Waals surface area contributed by atoms with Crippen LogP contribution in [0.25, 0.3) is 0 Å². The molecule has 0 aromatic carbocycles. The van der Waals surface area contributed by atoms with Gasteiger partial charge in [0.2, 0.25) is 0 Å². The highest BCUT2D eigenvalue weighted by atomic mass is 32.1. The minimum absolute atomic E-state index is 0.00663. The smallest absolute Gasteiger partial charge is 0.289 e. The summed E-state index contributed by atoms with van der Waals surface area (Å²) in [6.07, 6.45) is 8.04. The summed E-state index contributed by atoms with van der Waals surface area (Å²) in [7, 11) is 0. The summed E-state index contributed by atoms with van der Waals surface area (Å²) >= 11 is 1.46. The third-order valence-electron chi connectivity index (χ3n) is 6.81. The number of rotatable bonds is 9. The molecule has 3 aliphatic rings. The zero-order valence-corrected chi connectivity index (χ0v) is 20.3. The molecule has 3 saturated carbocycles. The summed E-state index contributed by atoms with van der Waals surface area (Å²) in [5.41, 5.74) is 5.32. The standard InChI is InChI=1S/C24H30N6O3S/c1-14-3-6-16(11-25-14)20(31)27-24(2,17-7-8-17)22(33)29-28-21(32)19-13-34-23(26-19)30(18-9-10-18)12-15-4-5-15/h3,6,11,13,15,17-18H,4-5,7-10,12H2,1-2H3,(H,27,31)(H,28,32)(H,29,33)/t24-/m1/s1. The molecule has 34 heavy (non-hydrogen) atoms. The number of hydrazine groups is 1. The topological polar surface area (TPSA) is 116 Å².